The number of azo groups is 1. The van der Waals surface area contributed by atoms with Gasteiger partial charge in [0.25, 0.3) is 0 Å². The fourth-order valence-electron chi connectivity index (χ4n) is 8.46. The second-order valence-electron chi connectivity index (χ2n) is 13.0. The summed E-state index contributed by atoms with van der Waals surface area (Å²) < 4.78 is 21.5. The first-order valence-electron chi connectivity index (χ1n) is 15.8. The minimum atomic E-state index is -0.340. The standard InChI is InChI=1S/C33H39FN6O2/c1-2-25-26(34)8-5-20-13-24(41)14-21(30(20)25)15-27-31-32(38-37-27)28(39-17-22-6-7-23(18-39)35-22)16-29(36-31)42-19-33-9-3-11-40(33)12-4-10-33/h5,8,13-14,16,22-23,27,35,41H,2-4,6-7,9-12,15,17-19H2,1H3. The molecule has 8 rings (SSSR count). The highest BCUT2D eigenvalue weighted by molar-refractivity contribution is 5.90. The lowest BCUT2D eigenvalue weighted by Crippen LogP contribution is -2.51. The summed E-state index contributed by atoms with van der Waals surface area (Å²) in [6, 6.07) is 9.40. The van der Waals surface area contributed by atoms with Gasteiger partial charge in [-0.1, -0.05) is 13.0 Å². The van der Waals surface area contributed by atoms with Crippen LogP contribution in [0.2, 0.25) is 0 Å². The maximum absolute atomic E-state index is 14.9. The fraction of sp³-hybridized carbons (Fsp3) is 0.545. The Kier molecular flexibility index (Phi) is 6.37. The number of pyridine rings is 1. The number of hydrogen-bond acceptors (Lipinski definition) is 8. The second-order valence-corrected chi connectivity index (χ2v) is 13.0. The lowest BCUT2D eigenvalue weighted by Gasteiger charge is -2.35. The number of halogens is 1. The van der Waals surface area contributed by atoms with Crippen molar-refractivity contribution >= 4 is 22.1 Å². The Hall–Kier alpha value is -3.30. The van der Waals surface area contributed by atoms with E-state index >= 15 is 0 Å². The second kappa shape index (κ2) is 10.2. The predicted molar refractivity (Wildman–Crippen MR) is 161 cm³/mol. The minimum absolute atomic E-state index is 0.129. The lowest BCUT2D eigenvalue weighted by atomic mass is 9.92. The molecule has 2 bridgehead atoms. The van der Waals surface area contributed by atoms with Crippen LogP contribution in [0.4, 0.5) is 15.8 Å². The van der Waals surface area contributed by atoms with Gasteiger partial charge in [-0.25, -0.2) is 9.37 Å². The predicted octanol–water partition coefficient (Wildman–Crippen LogP) is 5.97. The Bertz CT molecular complexity index is 1550. The van der Waals surface area contributed by atoms with Gasteiger partial charge in [0.15, 0.2) is 0 Å². The van der Waals surface area contributed by atoms with Gasteiger partial charge in [-0.2, -0.15) is 10.2 Å². The van der Waals surface area contributed by atoms with Crippen molar-refractivity contribution in [3.05, 3.63) is 53.0 Å². The summed E-state index contributed by atoms with van der Waals surface area (Å²) in [4.78, 5) is 10.1. The van der Waals surface area contributed by atoms with Gasteiger partial charge in [0.1, 0.15) is 35.6 Å². The molecular weight excluding hydrogens is 531 g/mol. The van der Waals surface area contributed by atoms with Crippen molar-refractivity contribution in [2.45, 2.75) is 82.0 Å². The number of aryl methyl sites for hydroxylation is 1. The van der Waals surface area contributed by atoms with Gasteiger partial charge in [0.05, 0.1) is 11.2 Å². The molecule has 0 spiro atoms. The molecule has 4 saturated heterocycles. The number of ether oxygens (including phenoxy) is 1. The minimum Gasteiger partial charge on any atom is -0.508 e. The van der Waals surface area contributed by atoms with Crippen molar-refractivity contribution in [2.75, 3.05) is 37.7 Å². The van der Waals surface area contributed by atoms with Crippen LogP contribution >= 0.6 is 0 Å². The van der Waals surface area contributed by atoms with Crippen LogP contribution in [-0.2, 0) is 12.8 Å². The summed E-state index contributed by atoms with van der Waals surface area (Å²) in [5, 5.41) is 25.4. The molecule has 42 heavy (non-hydrogen) atoms. The number of fused-ring (bicyclic) bond motifs is 5. The van der Waals surface area contributed by atoms with E-state index in [2.05, 4.69) is 21.2 Å². The number of hydrogen-bond donors (Lipinski definition) is 2. The summed E-state index contributed by atoms with van der Waals surface area (Å²) in [5.41, 5.74) is 4.33. The monoisotopic (exact) mass is 570 g/mol. The van der Waals surface area contributed by atoms with E-state index < -0.39 is 0 Å². The molecule has 2 aromatic carbocycles. The quantitative estimate of drug-likeness (QED) is 0.364. The zero-order chi connectivity index (χ0) is 28.4. The van der Waals surface area contributed by atoms with Gasteiger partial charge < -0.3 is 20.1 Å². The van der Waals surface area contributed by atoms with Crippen LogP contribution in [0.3, 0.4) is 0 Å². The van der Waals surface area contributed by atoms with Crippen molar-refractivity contribution in [1.82, 2.24) is 15.2 Å². The summed E-state index contributed by atoms with van der Waals surface area (Å²) in [6.45, 7) is 6.80. The van der Waals surface area contributed by atoms with Crippen LogP contribution in [0.25, 0.3) is 10.8 Å². The molecule has 0 radical (unpaired) electrons. The van der Waals surface area contributed by atoms with Crippen molar-refractivity contribution in [3.8, 4) is 11.6 Å². The van der Waals surface area contributed by atoms with E-state index in [1.807, 2.05) is 6.92 Å². The molecule has 0 saturated carbocycles. The lowest BCUT2D eigenvalue weighted by molar-refractivity contribution is 0.110. The average Bonchev–Trinajstić information content (AvgIpc) is 3.75. The van der Waals surface area contributed by atoms with E-state index in [0.717, 1.165) is 59.6 Å². The first-order chi connectivity index (χ1) is 20.5. The number of phenolic OH excluding ortho intramolecular Hbond substituents is 1. The van der Waals surface area contributed by atoms with E-state index in [1.54, 1.807) is 18.2 Å². The Balaban J connectivity index is 1.17. The van der Waals surface area contributed by atoms with Gasteiger partial charge in [-0.15, -0.1) is 0 Å². The Morgan fingerprint density at radius 1 is 1.10 bits per heavy atom. The topological polar surface area (TPSA) is 85.6 Å². The Morgan fingerprint density at radius 3 is 2.64 bits per heavy atom. The molecular formula is C33H39FN6O2. The number of piperazine rings is 1. The van der Waals surface area contributed by atoms with E-state index in [-0.39, 0.29) is 23.1 Å². The maximum Gasteiger partial charge on any atom is 0.215 e. The highest BCUT2D eigenvalue weighted by Gasteiger charge is 2.45. The maximum atomic E-state index is 14.9. The van der Waals surface area contributed by atoms with Gasteiger partial charge >= 0.3 is 0 Å². The molecule has 1 aromatic heterocycles. The largest absolute Gasteiger partial charge is 0.508 e. The van der Waals surface area contributed by atoms with Gasteiger partial charge in [-0.3, -0.25) is 4.90 Å². The van der Waals surface area contributed by atoms with E-state index in [4.69, 9.17) is 19.9 Å². The third kappa shape index (κ3) is 4.35. The molecule has 3 atom stereocenters. The molecule has 6 heterocycles. The fourth-order valence-corrected chi connectivity index (χ4v) is 8.46. The zero-order valence-corrected chi connectivity index (χ0v) is 24.3. The number of aromatic nitrogens is 1. The Labute approximate surface area is 246 Å². The highest BCUT2D eigenvalue weighted by Crippen LogP contribution is 2.47. The van der Waals surface area contributed by atoms with Crippen molar-refractivity contribution < 1.29 is 14.2 Å². The first-order valence-corrected chi connectivity index (χ1v) is 15.8. The summed E-state index contributed by atoms with van der Waals surface area (Å²) in [5.74, 6) is 0.587. The van der Waals surface area contributed by atoms with Gasteiger partial charge in [0, 0.05) is 37.7 Å². The molecule has 4 fully saturated rings. The molecule has 5 aliphatic rings. The third-order valence-corrected chi connectivity index (χ3v) is 10.4. The number of aromatic hydroxyl groups is 1. The van der Waals surface area contributed by atoms with Crippen LogP contribution in [0.15, 0.2) is 40.6 Å². The number of nitrogens with zero attached hydrogens (tertiary/aromatic N) is 5. The number of phenols is 1. The van der Waals surface area contributed by atoms with Crippen LogP contribution in [0.1, 0.15) is 68.3 Å². The number of anilines is 1. The molecule has 2 N–H and O–H groups in total. The molecule has 8 nitrogen and oxygen atoms in total. The molecule has 9 heteroatoms. The van der Waals surface area contributed by atoms with Crippen molar-refractivity contribution in [3.63, 3.8) is 0 Å². The molecule has 3 aromatic rings. The molecule has 0 amide bonds. The molecule has 220 valence electrons. The number of rotatable bonds is 7. The summed E-state index contributed by atoms with van der Waals surface area (Å²) >= 11 is 0. The SMILES string of the molecule is CCc1c(F)ccc2cc(O)cc(CC3N=Nc4c(N5CC6CCC(C5)N6)cc(OCC56CCCN5CCC6)nc43)c12. The average molecular weight is 571 g/mol. The van der Waals surface area contributed by atoms with Gasteiger partial charge in [-0.05, 0) is 98.1 Å². The van der Waals surface area contributed by atoms with Gasteiger partial charge in [0.2, 0.25) is 5.88 Å². The summed E-state index contributed by atoms with van der Waals surface area (Å²) in [7, 11) is 0. The number of nitrogens with one attached hydrogen (secondary N) is 1. The highest BCUT2D eigenvalue weighted by atomic mass is 19.1. The van der Waals surface area contributed by atoms with E-state index in [1.165, 1.54) is 44.6 Å². The normalized spacial score (nSPS) is 25.9. The van der Waals surface area contributed by atoms with E-state index in [9.17, 15) is 9.50 Å². The smallest absolute Gasteiger partial charge is 0.215 e. The zero-order valence-electron chi connectivity index (χ0n) is 24.3. The van der Waals surface area contributed by atoms with Crippen LogP contribution in [0, 0.1) is 5.82 Å². The van der Waals surface area contributed by atoms with E-state index in [0.29, 0.717) is 43.0 Å². The van der Waals surface area contributed by atoms with Crippen LogP contribution in [-0.4, -0.2) is 65.4 Å². The van der Waals surface area contributed by atoms with Crippen molar-refractivity contribution in [2.24, 2.45) is 10.2 Å². The Morgan fingerprint density at radius 2 is 1.88 bits per heavy atom. The number of benzene rings is 2. The first kappa shape index (κ1) is 26.3. The molecule has 0 aliphatic carbocycles. The molecule has 3 unspecified atom stereocenters. The molecule has 5 aliphatic heterocycles. The third-order valence-electron chi connectivity index (χ3n) is 10.4. The van der Waals surface area contributed by atoms with Crippen LogP contribution in [0.5, 0.6) is 11.6 Å². The van der Waals surface area contributed by atoms with Crippen molar-refractivity contribution in [1.29, 1.82) is 0 Å². The summed E-state index contributed by atoms with van der Waals surface area (Å²) in [6.07, 6.45) is 8.25. The van der Waals surface area contributed by atoms with Crippen LogP contribution < -0.4 is 15.0 Å².